The Hall–Kier alpha value is -1.23. The minimum atomic E-state index is -3.57. The van der Waals surface area contributed by atoms with Gasteiger partial charge in [0.2, 0.25) is 15.9 Å². The standard InChI is InChI=1S/C17H26N4O4S.ClH/c1-14-12-18-5-6-20(14)13-17(22)19-15-3-2-4-16(11-15)26(23,24)21-7-9-25-10-8-21;/h2-4,11,14,18H,5-10,12-13H2,1H3,(H,19,22);1H/t14-;/m0./s1. The Kier molecular flexibility index (Phi) is 8.02. The van der Waals surface area contributed by atoms with Gasteiger partial charge in [-0.1, -0.05) is 6.07 Å². The van der Waals surface area contributed by atoms with Crippen LogP contribution in [-0.2, 0) is 19.6 Å². The zero-order chi connectivity index (χ0) is 18.6. The van der Waals surface area contributed by atoms with E-state index < -0.39 is 10.0 Å². The van der Waals surface area contributed by atoms with E-state index in [0.29, 0.717) is 44.6 Å². The van der Waals surface area contributed by atoms with Crippen LogP contribution in [0.15, 0.2) is 29.2 Å². The molecule has 1 amide bonds. The molecule has 2 aliphatic heterocycles. The molecular formula is C17H27ClN4O4S. The largest absolute Gasteiger partial charge is 0.379 e. The van der Waals surface area contributed by atoms with Crippen molar-refractivity contribution in [2.45, 2.75) is 17.9 Å². The summed E-state index contributed by atoms with van der Waals surface area (Å²) in [4.78, 5) is 14.6. The van der Waals surface area contributed by atoms with Crippen molar-refractivity contribution < 1.29 is 17.9 Å². The van der Waals surface area contributed by atoms with Crippen molar-refractivity contribution in [3.63, 3.8) is 0 Å². The van der Waals surface area contributed by atoms with Crippen LogP contribution in [0.3, 0.4) is 0 Å². The number of piperazine rings is 1. The number of benzene rings is 1. The predicted octanol–water partition coefficient (Wildman–Crippen LogP) is 0.362. The molecule has 8 nitrogen and oxygen atoms in total. The number of morpholine rings is 1. The zero-order valence-electron chi connectivity index (χ0n) is 15.4. The van der Waals surface area contributed by atoms with Gasteiger partial charge in [-0.05, 0) is 25.1 Å². The molecule has 0 bridgehead atoms. The average Bonchev–Trinajstić information content (AvgIpc) is 2.64. The topological polar surface area (TPSA) is 91.0 Å². The number of carbonyl (C=O) groups is 1. The molecule has 2 N–H and O–H groups in total. The number of carbonyl (C=O) groups excluding carboxylic acids is 1. The molecule has 0 spiro atoms. The maximum Gasteiger partial charge on any atom is 0.243 e. The summed E-state index contributed by atoms with van der Waals surface area (Å²) in [7, 11) is -3.57. The molecule has 10 heteroatoms. The van der Waals surface area contributed by atoms with E-state index in [1.165, 1.54) is 10.4 Å². The van der Waals surface area contributed by atoms with Crippen LogP contribution in [0.4, 0.5) is 5.69 Å². The molecule has 1 aromatic rings. The second-order valence-corrected chi connectivity index (χ2v) is 8.55. The van der Waals surface area contributed by atoms with E-state index in [-0.39, 0.29) is 23.2 Å². The van der Waals surface area contributed by atoms with Gasteiger partial charge in [0.25, 0.3) is 0 Å². The fourth-order valence-corrected chi connectivity index (χ4v) is 4.63. The molecule has 0 aromatic heterocycles. The first-order valence-electron chi connectivity index (χ1n) is 8.89. The van der Waals surface area contributed by atoms with E-state index in [2.05, 4.69) is 22.5 Å². The van der Waals surface area contributed by atoms with Crippen molar-refractivity contribution in [2.24, 2.45) is 0 Å². The van der Waals surface area contributed by atoms with E-state index in [9.17, 15) is 13.2 Å². The summed E-state index contributed by atoms with van der Waals surface area (Å²) in [6.07, 6.45) is 0. The number of sulfonamides is 1. The van der Waals surface area contributed by atoms with Crippen LogP contribution in [0.2, 0.25) is 0 Å². The van der Waals surface area contributed by atoms with Crippen molar-refractivity contribution in [1.82, 2.24) is 14.5 Å². The molecule has 0 saturated carbocycles. The number of nitrogens with zero attached hydrogens (tertiary/aromatic N) is 2. The molecule has 2 saturated heterocycles. The van der Waals surface area contributed by atoms with Crippen LogP contribution in [0.5, 0.6) is 0 Å². The fourth-order valence-electron chi connectivity index (χ4n) is 3.17. The highest BCUT2D eigenvalue weighted by molar-refractivity contribution is 7.89. The molecule has 0 unspecified atom stereocenters. The van der Waals surface area contributed by atoms with Crippen molar-refractivity contribution in [1.29, 1.82) is 0 Å². The van der Waals surface area contributed by atoms with Gasteiger partial charge < -0.3 is 15.4 Å². The van der Waals surface area contributed by atoms with Crippen molar-refractivity contribution in [3.05, 3.63) is 24.3 Å². The lowest BCUT2D eigenvalue weighted by molar-refractivity contribution is -0.118. The summed E-state index contributed by atoms with van der Waals surface area (Å²) in [5.74, 6) is -0.139. The van der Waals surface area contributed by atoms with E-state index in [1.54, 1.807) is 18.2 Å². The lowest BCUT2D eigenvalue weighted by atomic mass is 10.2. The average molecular weight is 419 g/mol. The van der Waals surface area contributed by atoms with E-state index in [1.807, 2.05) is 0 Å². The minimum absolute atomic E-state index is 0. The van der Waals surface area contributed by atoms with Crippen LogP contribution in [0.25, 0.3) is 0 Å². The van der Waals surface area contributed by atoms with E-state index in [0.717, 1.165) is 19.6 Å². The smallest absolute Gasteiger partial charge is 0.243 e. The van der Waals surface area contributed by atoms with Crippen LogP contribution in [-0.4, -0.2) is 82.1 Å². The Morgan fingerprint density at radius 1 is 1.30 bits per heavy atom. The monoisotopic (exact) mass is 418 g/mol. The van der Waals surface area contributed by atoms with Gasteiger partial charge in [0.15, 0.2) is 0 Å². The predicted molar refractivity (Wildman–Crippen MR) is 106 cm³/mol. The lowest BCUT2D eigenvalue weighted by Gasteiger charge is -2.33. The second kappa shape index (κ2) is 9.81. The quantitative estimate of drug-likeness (QED) is 0.717. The third-order valence-electron chi connectivity index (χ3n) is 4.71. The zero-order valence-corrected chi connectivity index (χ0v) is 17.0. The van der Waals surface area contributed by atoms with Gasteiger partial charge in [0, 0.05) is 44.5 Å². The molecule has 0 aliphatic carbocycles. The number of ether oxygens (including phenoxy) is 1. The number of halogens is 1. The molecular weight excluding hydrogens is 392 g/mol. The second-order valence-electron chi connectivity index (χ2n) is 6.62. The number of nitrogens with one attached hydrogen (secondary N) is 2. The maximum atomic E-state index is 12.7. The van der Waals surface area contributed by atoms with E-state index >= 15 is 0 Å². The molecule has 2 fully saturated rings. The third-order valence-corrected chi connectivity index (χ3v) is 6.61. The number of hydrogen-bond donors (Lipinski definition) is 2. The van der Waals surface area contributed by atoms with Crippen LogP contribution >= 0.6 is 12.4 Å². The SMILES string of the molecule is C[C@H]1CNCCN1CC(=O)Nc1cccc(S(=O)(=O)N2CCOCC2)c1.Cl. The van der Waals surface area contributed by atoms with Gasteiger partial charge in [-0.3, -0.25) is 9.69 Å². The summed E-state index contributed by atoms with van der Waals surface area (Å²) in [6, 6.07) is 6.72. The Bertz CT molecular complexity index is 740. The molecule has 2 aliphatic rings. The summed E-state index contributed by atoms with van der Waals surface area (Å²) in [5.41, 5.74) is 0.493. The molecule has 1 atom stereocenters. The number of anilines is 1. The lowest BCUT2D eigenvalue weighted by Crippen LogP contribution is -2.51. The highest BCUT2D eigenvalue weighted by atomic mass is 35.5. The number of hydrogen-bond acceptors (Lipinski definition) is 6. The van der Waals surface area contributed by atoms with Gasteiger partial charge in [-0.15, -0.1) is 12.4 Å². The summed E-state index contributed by atoms with van der Waals surface area (Å²) >= 11 is 0. The number of amides is 1. The highest BCUT2D eigenvalue weighted by Gasteiger charge is 2.26. The summed E-state index contributed by atoms with van der Waals surface area (Å²) in [6.45, 7) is 6.42. The van der Waals surface area contributed by atoms with Crippen molar-refractivity contribution in [2.75, 3.05) is 57.8 Å². The van der Waals surface area contributed by atoms with Crippen LogP contribution in [0, 0.1) is 0 Å². The molecule has 2 heterocycles. The van der Waals surface area contributed by atoms with Gasteiger partial charge in [-0.2, -0.15) is 4.31 Å². The normalized spacial score (nSPS) is 22.0. The molecule has 27 heavy (non-hydrogen) atoms. The van der Waals surface area contributed by atoms with Gasteiger partial charge >= 0.3 is 0 Å². The van der Waals surface area contributed by atoms with Gasteiger partial charge in [0.1, 0.15) is 0 Å². The Morgan fingerprint density at radius 3 is 2.74 bits per heavy atom. The molecule has 3 rings (SSSR count). The minimum Gasteiger partial charge on any atom is -0.379 e. The Morgan fingerprint density at radius 2 is 2.04 bits per heavy atom. The molecule has 1 aromatic carbocycles. The van der Waals surface area contributed by atoms with Crippen molar-refractivity contribution in [3.8, 4) is 0 Å². The Labute approximate surface area is 166 Å². The first kappa shape index (κ1) is 22.1. The van der Waals surface area contributed by atoms with Gasteiger partial charge in [0.05, 0.1) is 24.7 Å². The van der Waals surface area contributed by atoms with Crippen LogP contribution in [0.1, 0.15) is 6.92 Å². The number of rotatable bonds is 5. The maximum absolute atomic E-state index is 12.7. The van der Waals surface area contributed by atoms with Crippen molar-refractivity contribution >= 4 is 34.0 Å². The molecule has 0 radical (unpaired) electrons. The summed E-state index contributed by atoms with van der Waals surface area (Å²) < 4.78 is 32.1. The Balaban J connectivity index is 0.00000261. The fraction of sp³-hybridized carbons (Fsp3) is 0.588. The highest BCUT2D eigenvalue weighted by Crippen LogP contribution is 2.20. The van der Waals surface area contributed by atoms with Crippen LogP contribution < -0.4 is 10.6 Å². The van der Waals surface area contributed by atoms with E-state index in [4.69, 9.17) is 4.74 Å². The first-order valence-corrected chi connectivity index (χ1v) is 10.3. The first-order chi connectivity index (χ1) is 12.5. The van der Waals surface area contributed by atoms with Gasteiger partial charge in [-0.25, -0.2) is 8.42 Å². The third kappa shape index (κ3) is 5.63. The summed E-state index contributed by atoms with van der Waals surface area (Å²) in [5, 5.41) is 6.11. The molecule has 152 valence electrons.